The van der Waals surface area contributed by atoms with Gasteiger partial charge in [0, 0.05) is 0 Å². The second kappa shape index (κ2) is 3.18. The Balaban J connectivity index is 3.85. The summed E-state index contributed by atoms with van der Waals surface area (Å²) in [5.74, 6) is -0.383. The van der Waals surface area contributed by atoms with Crippen LogP contribution in [0.1, 0.15) is 26.7 Å². The minimum absolute atomic E-state index is 0.323. The number of hydrogen-bond acceptors (Lipinski definition) is 2. The second-order valence-electron chi connectivity index (χ2n) is 2.07. The maximum absolute atomic E-state index is 10.5. The summed E-state index contributed by atoms with van der Waals surface area (Å²) in [6.45, 7) is 3.14. The topological polar surface area (TPSA) is 37.3 Å². The van der Waals surface area contributed by atoms with E-state index in [2.05, 4.69) is 0 Å². The minimum atomic E-state index is -1.62. The van der Waals surface area contributed by atoms with Gasteiger partial charge in [-0.1, -0.05) is 24.9 Å². The number of alkyl halides is 1. The molecule has 0 rings (SSSR count). The maximum Gasteiger partial charge on any atom is 0.197 e. The van der Waals surface area contributed by atoms with E-state index in [-0.39, 0.29) is 5.78 Å². The Hall–Kier alpha value is -0.0800. The van der Waals surface area contributed by atoms with Crippen LogP contribution in [0.4, 0.5) is 0 Å². The standard InChI is InChI=1S/C6H11ClO2/c1-3-4-6(7,9)5(2)8/h9H,3-4H2,1-2H3. The quantitative estimate of drug-likeness (QED) is 0.616. The summed E-state index contributed by atoms with van der Waals surface area (Å²) in [6.07, 6.45) is 1.03. The van der Waals surface area contributed by atoms with Gasteiger partial charge in [0.2, 0.25) is 0 Å². The number of carbonyl (C=O) groups excluding carboxylic acids is 1. The van der Waals surface area contributed by atoms with E-state index in [9.17, 15) is 4.79 Å². The average molecular weight is 151 g/mol. The van der Waals surface area contributed by atoms with Crippen LogP contribution in [-0.2, 0) is 4.79 Å². The minimum Gasteiger partial charge on any atom is -0.369 e. The molecular weight excluding hydrogens is 140 g/mol. The van der Waals surface area contributed by atoms with Gasteiger partial charge in [0.25, 0.3) is 0 Å². The molecule has 0 aliphatic carbocycles. The van der Waals surface area contributed by atoms with Gasteiger partial charge in [0.05, 0.1) is 0 Å². The second-order valence-corrected chi connectivity index (χ2v) is 2.69. The Bertz CT molecular complexity index is 110. The molecule has 0 aliphatic rings. The lowest BCUT2D eigenvalue weighted by Gasteiger charge is -2.14. The van der Waals surface area contributed by atoms with Crippen LogP contribution < -0.4 is 0 Å². The van der Waals surface area contributed by atoms with E-state index in [1.54, 1.807) is 0 Å². The van der Waals surface area contributed by atoms with Gasteiger partial charge in [0.15, 0.2) is 10.8 Å². The molecule has 1 N–H and O–H groups in total. The number of carbonyl (C=O) groups is 1. The van der Waals surface area contributed by atoms with Gasteiger partial charge in [-0.3, -0.25) is 4.79 Å². The molecule has 0 saturated heterocycles. The molecule has 0 aromatic carbocycles. The Kier molecular flexibility index (Phi) is 3.15. The first-order chi connectivity index (χ1) is 4.00. The number of aliphatic hydroxyl groups is 1. The van der Waals surface area contributed by atoms with E-state index in [4.69, 9.17) is 16.7 Å². The maximum atomic E-state index is 10.5. The van der Waals surface area contributed by atoms with Crippen LogP contribution in [0.3, 0.4) is 0 Å². The summed E-state index contributed by atoms with van der Waals surface area (Å²) in [4.78, 5) is 10.5. The molecule has 0 aromatic heterocycles. The number of halogens is 1. The fraction of sp³-hybridized carbons (Fsp3) is 0.833. The smallest absolute Gasteiger partial charge is 0.197 e. The van der Waals surface area contributed by atoms with Crippen molar-refractivity contribution in [3.8, 4) is 0 Å². The summed E-state index contributed by atoms with van der Waals surface area (Å²) in [7, 11) is 0. The molecular formula is C6H11ClO2. The zero-order valence-electron chi connectivity index (χ0n) is 5.65. The van der Waals surface area contributed by atoms with E-state index < -0.39 is 5.06 Å². The molecule has 3 heteroatoms. The number of Topliss-reactive ketones (excluding diaryl/α,β-unsaturated/α-hetero) is 1. The molecule has 0 bridgehead atoms. The summed E-state index contributed by atoms with van der Waals surface area (Å²) in [5.41, 5.74) is 0. The Labute approximate surface area is 59.8 Å². The molecule has 0 amide bonds. The molecule has 0 spiro atoms. The van der Waals surface area contributed by atoms with Crippen LogP contribution in [0, 0.1) is 0 Å². The van der Waals surface area contributed by atoms with Crippen LogP contribution >= 0.6 is 11.6 Å². The molecule has 0 heterocycles. The summed E-state index contributed by atoms with van der Waals surface area (Å²) in [6, 6.07) is 0. The van der Waals surface area contributed by atoms with Gasteiger partial charge in [-0.2, -0.15) is 0 Å². The molecule has 0 radical (unpaired) electrons. The molecule has 9 heavy (non-hydrogen) atoms. The first-order valence-corrected chi connectivity index (χ1v) is 3.31. The van der Waals surface area contributed by atoms with Crippen LogP contribution in [0.2, 0.25) is 0 Å². The Morgan fingerprint density at radius 1 is 1.78 bits per heavy atom. The number of ketones is 1. The van der Waals surface area contributed by atoms with Gasteiger partial charge in [-0.25, -0.2) is 0 Å². The molecule has 0 aliphatic heterocycles. The van der Waals surface area contributed by atoms with Crippen LogP contribution in [0.15, 0.2) is 0 Å². The first-order valence-electron chi connectivity index (χ1n) is 2.93. The zero-order chi connectivity index (χ0) is 7.49. The van der Waals surface area contributed by atoms with Crippen LogP contribution in [0.5, 0.6) is 0 Å². The third-order valence-electron chi connectivity index (χ3n) is 1.12. The van der Waals surface area contributed by atoms with Crippen molar-refractivity contribution in [2.24, 2.45) is 0 Å². The van der Waals surface area contributed by atoms with Crippen molar-refractivity contribution in [2.45, 2.75) is 31.7 Å². The molecule has 0 saturated carbocycles. The normalized spacial score (nSPS) is 16.9. The fourth-order valence-electron chi connectivity index (χ4n) is 0.507. The van der Waals surface area contributed by atoms with E-state index >= 15 is 0 Å². The summed E-state index contributed by atoms with van der Waals surface area (Å²) < 4.78 is 0. The lowest BCUT2D eigenvalue weighted by Crippen LogP contribution is -2.29. The van der Waals surface area contributed by atoms with Gasteiger partial charge in [0.1, 0.15) is 0 Å². The van der Waals surface area contributed by atoms with Gasteiger partial charge >= 0.3 is 0 Å². The zero-order valence-corrected chi connectivity index (χ0v) is 6.40. The van der Waals surface area contributed by atoms with Crippen molar-refractivity contribution in [1.29, 1.82) is 0 Å². The van der Waals surface area contributed by atoms with Crippen LogP contribution in [0.25, 0.3) is 0 Å². The van der Waals surface area contributed by atoms with Crippen molar-refractivity contribution >= 4 is 17.4 Å². The third-order valence-corrected chi connectivity index (χ3v) is 1.58. The monoisotopic (exact) mass is 150 g/mol. The van der Waals surface area contributed by atoms with Crippen LogP contribution in [-0.4, -0.2) is 16.0 Å². The third kappa shape index (κ3) is 2.82. The van der Waals surface area contributed by atoms with E-state index in [0.717, 1.165) is 0 Å². The van der Waals surface area contributed by atoms with Crippen molar-refractivity contribution in [2.75, 3.05) is 0 Å². The van der Waals surface area contributed by atoms with Crippen molar-refractivity contribution in [1.82, 2.24) is 0 Å². The summed E-state index contributed by atoms with van der Waals surface area (Å²) >= 11 is 5.38. The van der Waals surface area contributed by atoms with Crippen molar-refractivity contribution in [3.63, 3.8) is 0 Å². The highest BCUT2D eigenvalue weighted by Gasteiger charge is 2.27. The predicted octanol–water partition coefficient (Wildman–Crippen LogP) is 1.30. The highest BCUT2D eigenvalue weighted by molar-refractivity contribution is 6.33. The number of hydrogen-bond donors (Lipinski definition) is 1. The van der Waals surface area contributed by atoms with Gasteiger partial charge < -0.3 is 5.11 Å². The van der Waals surface area contributed by atoms with E-state index in [1.807, 2.05) is 6.92 Å². The molecule has 1 unspecified atom stereocenters. The highest BCUT2D eigenvalue weighted by atomic mass is 35.5. The van der Waals surface area contributed by atoms with Crippen molar-refractivity contribution in [3.05, 3.63) is 0 Å². The SMILES string of the molecule is CCCC(O)(Cl)C(C)=O. The van der Waals surface area contributed by atoms with Gasteiger partial charge in [-0.15, -0.1) is 0 Å². The molecule has 0 aromatic rings. The van der Waals surface area contributed by atoms with E-state index in [0.29, 0.717) is 12.8 Å². The first kappa shape index (κ1) is 8.92. The molecule has 2 nitrogen and oxygen atoms in total. The highest BCUT2D eigenvalue weighted by Crippen LogP contribution is 2.18. The lowest BCUT2D eigenvalue weighted by atomic mass is 10.1. The summed E-state index contributed by atoms with van der Waals surface area (Å²) in [5, 5.41) is 7.39. The number of rotatable bonds is 3. The Morgan fingerprint density at radius 3 is 2.33 bits per heavy atom. The Morgan fingerprint density at radius 2 is 2.22 bits per heavy atom. The molecule has 1 atom stereocenters. The average Bonchev–Trinajstić information content (AvgIpc) is 1.65. The predicted molar refractivity (Wildman–Crippen MR) is 36.4 cm³/mol. The van der Waals surface area contributed by atoms with Gasteiger partial charge in [-0.05, 0) is 13.3 Å². The largest absolute Gasteiger partial charge is 0.369 e. The van der Waals surface area contributed by atoms with E-state index in [1.165, 1.54) is 6.92 Å². The van der Waals surface area contributed by atoms with Crippen molar-refractivity contribution < 1.29 is 9.90 Å². The molecule has 0 fully saturated rings. The lowest BCUT2D eigenvalue weighted by molar-refractivity contribution is -0.128. The fourth-order valence-corrected chi connectivity index (χ4v) is 0.696. The molecule has 54 valence electrons.